The Morgan fingerprint density at radius 1 is 1.21 bits per heavy atom. The van der Waals surface area contributed by atoms with Crippen LogP contribution in [0.2, 0.25) is 0 Å². The van der Waals surface area contributed by atoms with Crippen LogP contribution in [0.5, 0.6) is 0 Å². The summed E-state index contributed by atoms with van der Waals surface area (Å²) in [7, 11) is 0. The molecule has 3 aromatic heterocycles. The molecule has 1 saturated carbocycles. The minimum absolute atomic E-state index is 0.129. The maximum atomic E-state index is 12.8. The lowest BCUT2D eigenvalue weighted by molar-refractivity contribution is -0.126. The second-order valence-corrected chi connectivity index (χ2v) is 6.99. The van der Waals surface area contributed by atoms with E-state index in [0.29, 0.717) is 42.7 Å². The molecule has 9 nitrogen and oxygen atoms in total. The molecule has 1 amide bonds. The zero-order valence-corrected chi connectivity index (χ0v) is 15.3. The zero-order valence-electron chi connectivity index (χ0n) is 15.3. The lowest BCUT2D eigenvalue weighted by Gasteiger charge is -2.30. The number of nitrogens with one attached hydrogen (secondary N) is 3. The van der Waals surface area contributed by atoms with Crippen molar-refractivity contribution in [2.75, 3.05) is 6.54 Å². The van der Waals surface area contributed by atoms with Crippen LogP contribution in [0.15, 0.2) is 24.9 Å². The first-order valence-corrected chi connectivity index (χ1v) is 9.19. The van der Waals surface area contributed by atoms with Crippen molar-refractivity contribution in [3.8, 4) is 5.95 Å². The maximum Gasteiger partial charge on any atom is 0.401 e. The van der Waals surface area contributed by atoms with E-state index >= 15 is 0 Å². The monoisotopic (exact) mass is 408 g/mol. The number of halogens is 3. The van der Waals surface area contributed by atoms with Crippen molar-refractivity contribution in [3.05, 3.63) is 30.6 Å². The van der Waals surface area contributed by atoms with Crippen LogP contribution < -0.4 is 10.6 Å². The molecule has 3 aromatic rings. The van der Waals surface area contributed by atoms with E-state index in [4.69, 9.17) is 0 Å². The van der Waals surface area contributed by atoms with Crippen LogP contribution in [0.4, 0.5) is 13.2 Å². The summed E-state index contributed by atoms with van der Waals surface area (Å²) in [5.41, 5.74) is 1.08. The summed E-state index contributed by atoms with van der Waals surface area (Å²) in [4.78, 5) is 25.5. The second kappa shape index (κ2) is 7.78. The maximum absolute atomic E-state index is 12.8. The normalized spacial score (nSPS) is 20.1. The molecule has 0 aliphatic heterocycles. The minimum Gasteiger partial charge on any atom is -0.348 e. The average molecular weight is 408 g/mol. The quantitative estimate of drug-likeness (QED) is 0.593. The molecule has 1 aliphatic rings. The van der Waals surface area contributed by atoms with Gasteiger partial charge in [-0.3, -0.25) is 14.5 Å². The predicted octanol–water partition coefficient (Wildman–Crippen LogP) is 1.73. The molecule has 0 saturated heterocycles. The molecule has 3 N–H and O–H groups in total. The van der Waals surface area contributed by atoms with E-state index in [2.05, 4.69) is 35.8 Å². The highest BCUT2D eigenvalue weighted by Crippen LogP contribution is 2.22. The average Bonchev–Trinajstić information content (AvgIpc) is 3.37. The Balaban J connectivity index is 1.43. The minimum atomic E-state index is -4.22. The Morgan fingerprint density at radius 2 is 1.97 bits per heavy atom. The topological polar surface area (TPSA) is 113 Å². The molecule has 0 aromatic carbocycles. The first kappa shape index (κ1) is 19.3. The number of nitrogens with zero attached hydrogens (tertiary/aromatic N) is 5. The Hall–Kier alpha value is -3.02. The van der Waals surface area contributed by atoms with Crippen molar-refractivity contribution in [1.29, 1.82) is 0 Å². The molecular formula is C17H19F3N8O. The number of hydrogen-bond donors (Lipinski definition) is 3. The van der Waals surface area contributed by atoms with Crippen LogP contribution in [-0.4, -0.2) is 60.4 Å². The van der Waals surface area contributed by atoms with Gasteiger partial charge < -0.3 is 10.6 Å². The van der Waals surface area contributed by atoms with Gasteiger partial charge in [0.1, 0.15) is 17.4 Å². The number of alkyl halides is 3. The van der Waals surface area contributed by atoms with Gasteiger partial charge >= 0.3 is 6.18 Å². The van der Waals surface area contributed by atoms with Gasteiger partial charge in [-0.2, -0.15) is 18.3 Å². The van der Waals surface area contributed by atoms with E-state index < -0.39 is 12.7 Å². The number of hydrogen-bond acceptors (Lipinski definition) is 6. The number of fused-ring (bicyclic) bond motifs is 1. The van der Waals surface area contributed by atoms with E-state index in [1.54, 1.807) is 17.0 Å². The van der Waals surface area contributed by atoms with Gasteiger partial charge in [-0.25, -0.2) is 15.0 Å². The van der Waals surface area contributed by atoms with Crippen LogP contribution in [-0.2, 0) is 0 Å². The van der Waals surface area contributed by atoms with Crippen molar-refractivity contribution in [2.45, 2.75) is 43.9 Å². The van der Waals surface area contributed by atoms with Gasteiger partial charge in [-0.15, -0.1) is 0 Å². The summed E-state index contributed by atoms with van der Waals surface area (Å²) in [6.07, 6.45) is 4.35. The third-order valence-corrected chi connectivity index (χ3v) is 4.89. The highest BCUT2D eigenvalue weighted by molar-refractivity contribution is 6.02. The molecule has 0 bridgehead atoms. The fourth-order valence-corrected chi connectivity index (χ4v) is 3.44. The lowest BCUT2D eigenvalue weighted by atomic mass is 9.91. The Morgan fingerprint density at radius 3 is 2.66 bits per heavy atom. The van der Waals surface area contributed by atoms with Crippen LogP contribution in [0, 0.1) is 0 Å². The van der Waals surface area contributed by atoms with Crippen molar-refractivity contribution in [1.82, 2.24) is 40.3 Å². The fourth-order valence-electron chi connectivity index (χ4n) is 3.44. The molecule has 0 spiro atoms. The molecule has 0 atom stereocenters. The van der Waals surface area contributed by atoms with E-state index in [9.17, 15) is 18.0 Å². The first-order valence-electron chi connectivity index (χ1n) is 9.19. The zero-order chi connectivity index (χ0) is 20.4. The summed E-state index contributed by atoms with van der Waals surface area (Å²) in [5.74, 6) is -0.0867. The van der Waals surface area contributed by atoms with Crippen LogP contribution in [0.1, 0.15) is 36.2 Å². The highest BCUT2D eigenvalue weighted by Gasteiger charge is 2.30. The Labute approximate surface area is 163 Å². The Bertz CT molecular complexity index is 976. The molecule has 3 heterocycles. The van der Waals surface area contributed by atoms with Crippen LogP contribution in [0.25, 0.3) is 17.0 Å². The van der Waals surface area contributed by atoms with E-state index in [1.165, 1.54) is 12.5 Å². The largest absolute Gasteiger partial charge is 0.401 e. The molecule has 0 radical (unpaired) electrons. The van der Waals surface area contributed by atoms with E-state index in [1.807, 2.05) is 0 Å². The van der Waals surface area contributed by atoms with Gasteiger partial charge in [-0.05, 0) is 25.7 Å². The summed E-state index contributed by atoms with van der Waals surface area (Å²) < 4.78 is 38.6. The number of aromatic amines is 1. The van der Waals surface area contributed by atoms with Crippen molar-refractivity contribution >= 4 is 16.9 Å². The van der Waals surface area contributed by atoms with E-state index in [0.717, 1.165) is 0 Å². The van der Waals surface area contributed by atoms with Crippen molar-refractivity contribution in [2.24, 2.45) is 0 Å². The number of rotatable bonds is 5. The number of carbonyl (C=O) groups excluding carboxylic acids is 1. The Kier molecular flexibility index (Phi) is 5.18. The molecule has 29 heavy (non-hydrogen) atoms. The second-order valence-electron chi connectivity index (χ2n) is 6.99. The van der Waals surface area contributed by atoms with Gasteiger partial charge in [0.2, 0.25) is 5.95 Å². The van der Waals surface area contributed by atoms with Gasteiger partial charge in [0.15, 0.2) is 5.69 Å². The van der Waals surface area contributed by atoms with Crippen LogP contribution >= 0.6 is 0 Å². The van der Waals surface area contributed by atoms with Gasteiger partial charge in [0.05, 0.1) is 12.7 Å². The fraction of sp³-hybridized carbons (Fsp3) is 0.471. The van der Waals surface area contributed by atoms with Crippen LogP contribution in [0.3, 0.4) is 0 Å². The summed E-state index contributed by atoms with van der Waals surface area (Å²) in [6, 6.07) is -0.327. The summed E-state index contributed by atoms with van der Waals surface area (Å²) in [6.45, 7) is -0.996. The number of carbonyl (C=O) groups is 1. The molecule has 4 rings (SSSR count). The number of H-pyrrole nitrogens is 1. The third-order valence-electron chi connectivity index (χ3n) is 4.89. The van der Waals surface area contributed by atoms with E-state index in [-0.39, 0.29) is 23.7 Å². The van der Waals surface area contributed by atoms with Gasteiger partial charge in [0.25, 0.3) is 5.91 Å². The van der Waals surface area contributed by atoms with Crippen molar-refractivity contribution in [3.63, 3.8) is 0 Å². The summed E-state index contributed by atoms with van der Waals surface area (Å²) in [5, 5.41) is 12.1. The molecule has 154 valence electrons. The molecule has 1 aliphatic carbocycles. The van der Waals surface area contributed by atoms with Gasteiger partial charge in [0, 0.05) is 24.5 Å². The standard InChI is InChI=1S/C17H19F3N8O/c18-17(19,20)8-22-10-1-3-11(4-2-10)24-15(29)14-13-12(7-23-27-13)25-16(26-14)28-6-5-21-9-28/h5-7,9-11,22H,1-4,8H2,(H,23,27)(H,24,29)/t10-,11-. The summed E-state index contributed by atoms with van der Waals surface area (Å²) >= 11 is 0. The SMILES string of the molecule is O=C(N[C@H]1CC[C@H](NCC(F)(F)F)CC1)c1nc(-n2ccnc2)nc2cn[nH]c12. The molecule has 1 fully saturated rings. The van der Waals surface area contributed by atoms with Gasteiger partial charge in [-0.1, -0.05) is 0 Å². The lowest BCUT2D eigenvalue weighted by Crippen LogP contribution is -2.44. The number of imidazole rings is 1. The number of aromatic nitrogens is 6. The molecule has 12 heteroatoms. The highest BCUT2D eigenvalue weighted by atomic mass is 19.4. The first-order chi connectivity index (χ1) is 13.9. The molecular weight excluding hydrogens is 389 g/mol. The van der Waals surface area contributed by atoms with Crippen molar-refractivity contribution < 1.29 is 18.0 Å². The predicted molar refractivity (Wildman–Crippen MR) is 96.4 cm³/mol. The smallest absolute Gasteiger partial charge is 0.348 e. The molecule has 0 unspecified atom stereocenters. The third kappa shape index (κ3) is 4.53. The number of amides is 1.